The second kappa shape index (κ2) is 6.37. The smallest absolute Gasteiger partial charge is 0.176 e. The summed E-state index contributed by atoms with van der Waals surface area (Å²) in [6.07, 6.45) is 3.24. The quantitative estimate of drug-likeness (QED) is 0.923. The maximum atomic E-state index is 6.08. The summed E-state index contributed by atoms with van der Waals surface area (Å²) in [5.74, 6) is 3.91. The van der Waals surface area contributed by atoms with Gasteiger partial charge in [-0.25, -0.2) is 4.68 Å². The Morgan fingerprint density at radius 3 is 2.92 bits per heavy atom. The number of hydrogen-bond donors (Lipinski definition) is 1. The molecule has 2 saturated heterocycles. The molecule has 0 amide bonds. The van der Waals surface area contributed by atoms with Gasteiger partial charge in [-0.2, -0.15) is 16.9 Å². The minimum Gasteiger partial charge on any atom is -0.374 e. The number of thioether (sulfide) groups is 1. The van der Waals surface area contributed by atoms with Gasteiger partial charge in [-0.15, -0.1) is 10.2 Å². The first-order chi connectivity index (χ1) is 11.6. The number of rotatable bonds is 3. The molecule has 2 atom stereocenters. The number of nitrogens with zero attached hydrogens (tertiary/aromatic N) is 4. The fourth-order valence-electron chi connectivity index (χ4n) is 3.60. The number of aryl methyl sites for hydroxylation is 2. The summed E-state index contributed by atoms with van der Waals surface area (Å²) in [4.78, 5) is 0. The maximum absolute atomic E-state index is 6.08. The average molecular weight is 345 g/mol. The normalized spacial score (nSPS) is 26.8. The zero-order chi connectivity index (χ0) is 16.6. The molecule has 1 N–H and O–H groups in total. The zero-order valence-electron chi connectivity index (χ0n) is 14.2. The van der Waals surface area contributed by atoms with Crippen molar-refractivity contribution in [2.75, 3.05) is 23.4 Å². The highest BCUT2D eigenvalue weighted by atomic mass is 32.2. The van der Waals surface area contributed by atoms with E-state index in [0.29, 0.717) is 6.04 Å². The third-order valence-corrected chi connectivity index (χ3v) is 6.01. The van der Waals surface area contributed by atoms with Crippen LogP contribution in [0.15, 0.2) is 18.2 Å². The second-order valence-corrected chi connectivity index (χ2v) is 7.89. The molecule has 0 aromatic carbocycles. The molecule has 4 heterocycles. The van der Waals surface area contributed by atoms with Gasteiger partial charge in [0.2, 0.25) is 0 Å². The molecule has 6 nitrogen and oxygen atoms in total. The van der Waals surface area contributed by atoms with Crippen LogP contribution in [0.25, 0.3) is 5.82 Å². The zero-order valence-corrected chi connectivity index (χ0v) is 15.0. The Balaban J connectivity index is 1.44. The fraction of sp³-hybridized carbons (Fsp3) is 0.588. The molecule has 2 aliphatic heterocycles. The van der Waals surface area contributed by atoms with E-state index in [1.54, 1.807) is 0 Å². The molecule has 2 aromatic rings. The van der Waals surface area contributed by atoms with Gasteiger partial charge in [0.05, 0.1) is 11.3 Å². The van der Waals surface area contributed by atoms with Crippen LogP contribution in [-0.4, -0.2) is 49.7 Å². The lowest BCUT2D eigenvalue weighted by molar-refractivity contribution is -0.0628. The Morgan fingerprint density at radius 2 is 2.25 bits per heavy atom. The van der Waals surface area contributed by atoms with E-state index >= 15 is 0 Å². The number of anilines is 1. The van der Waals surface area contributed by atoms with Gasteiger partial charge < -0.3 is 10.1 Å². The highest BCUT2D eigenvalue weighted by Crippen LogP contribution is 2.38. The van der Waals surface area contributed by atoms with E-state index < -0.39 is 0 Å². The lowest BCUT2D eigenvalue weighted by Crippen LogP contribution is -2.44. The van der Waals surface area contributed by atoms with E-state index in [1.165, 1.54) is 12.2 Å². The fourth-order valence-corrected chi connectivity index (χ4v) is 4.98. The lowest BCUT2D eigenvalue weighted by Gasteiger charge is -2.38. The molecule has 0 aliphatic carbocycles. The molecule has 24 heavy (non-hydrogen) atoms. The van der Waals surface area contributed by atoms with Crippen molar-refractivity contribution in [3.63, 3.8) is 0 Å². The van der Waals surface area contributed by atoms with Gasteiger partial charge in [0.1, 0.15) is 5.82 Å². The summed E-state index contributed by atoms with van der Waals surface area (Å²) >= 11 is 2.00. The standard InChI is InChI=1S/C17H23N5OS/c1-12-9-13(2)22(21-12)16-4-3-15(19-20-16)18-14-5-7-23-17(10-14)6-8-24-11-17/h3-4,9,14H,5-8,10-11H2,1-2H3,(H,18,19)/t14-,17-/m0/s1. The van der Waals surface area contributed by atoms with Crippen molar-refractivity contribution < 1.29 is 4.74 Å². The molecule has 0 unspecified atom stereocenters. The largest absolute Gasteiger partial charge is 0.374 e. The summed E-state index contributed by atoms with van der Waals surface area (Å²) in [5.41, 5.74) is 2.13. The van der Waals surface area contributed by atoms with E-state index in [9.17, 15) is 0 Å². The Hall–Kier alpha value is -1.60. The lowest BCUT2D eigenvalue weighted by atomic mass is 9.90. The molecule has 4 rings (SSSR count). The average Bonchev–Trinajstić information content (AvgIpc) is 3.15. The first-order valence-corrected chi connectivity index (χ1v) is 9.65. The third kappa shape index (κ3) is 3.15. The van der Waals surface area contributed by atoms with Crippen LogP contribution in [0, 0.1) is 13.8 Å². The van der Waals surface area contributed by atoms with Crippen molar-refractivity contribution in [2.45, 2.75) is 44.8 Å². The Labute approximate surface area is 146 Å². The maximum Gasteiger partial charge on any atom is 0.176 e. The predicted molar refractivity (Wildman–Crippen MR) is 95.9 cm³/mol. The van der Waals surface area contributed by atoms with Gasteiger partial charge in [-0.1, -0.05) is 0 Å². The number of ether oxygens (including phenoxy) is 1. The first-order valence-electron chi connectivity index (χ1n) is 8.49. The Morgan fingerprint density at radius 1 is 1.33 bits per heavy atom. The highest BCUT2D eigenvalue weighted by molar-refractivity contribution is 7.99. The van der Waals surface area contributed by atoms with E-state index in [-0.39, 0.29) is 5.60 Å². The van der Waals surface area contributed by atoms with E-state index in [0.717, 1.165) is 48.2 Å². The van der Waals surface area contributed by atoms with Crippen LogP contribution in [0.4, 0.5) is 5.82 Å². The van der Waals surface area contributed by atoms with Gasteiger partial charge in [0.25, 0.3) is 0 Å². The summed E-state index contributed by atoms with van der Waals surface area (Å²) in [5, 5.41) is 16.7. The van der Waals surface area contributed by atoms with E-state index in [4.69, 9.17) is 4.74 Å². The summed E-state index contributed by atoms with van der Waals surface area (Å²) in [6, 6.07) is 6.40. The Bertz CT molecular complexity index is 708. The van der Waals surface area contributed by atoms with Crippen LogP contribution in [0.1, 0.15) is 30.7 Å². The SMILES string of the molecule is Cc1cc(C)n(-c2ccc(N[C@H]3CCO[C@@]4(CCSC4)C3)nn2)n1. The summed E-state index contributed by atoms with van der Waals surface area (Å²) < 4.78 is 7.90. The van der Waals surface area contributed by atoms with Gasteiger partial charge in [0.15, 0.2) is 5.82 Å². The van der Waals surface area contributed by atoms with E-state index in [2.05, 4.69) is 20.6 Å². The number of hydrogen-bond acceptors (Lipinski definition) is 6. The van der Waals surface area contributed by atoms with Crippen LogP contribution in [-0.2, 0) is 4.74 Å². The van der Waals surface area contributed by atoms with Crippen LogP contribution >= 0.6 is 11.8 Å². The molecule has 128 valence electrons. The van der Waals surface area contributed by atoms with Crippen LogP contribution < -0.4 is 5.32 Å². The summed E-state index contributed by atoms with van der Waals surface area (Å²) in [7, 11) is 0. The molecular weight excluding hydrogens is 322 g/mol. The molecular formula is C17H23N5OS. The minimum absolute atomic E-state index is 0.0810. The Kier molecular flexibility index (Phi) is 4.22. The van der Waals surface area contributed by atoms with Crippen molar-refractivity contribution in [1.82, 2.24) is 20.0 Å². The van der Waals surface area contributed by atoms with Crippen LogP contribution in [0.2, 0.25) is 0 Å². The highest BCUT2D eigenvalue weighted by Gasteiger charge is 2.40. The molecule has 2 aromatic heterocycles. The predicted octanol–water partition coefficient (Wildman–Crippen LogP) is 2.75. The molecule has 7 heteroatoms. The first kappa shape index (κ1) is 15.9. The molecule has 1 spiro atoms. The number of nitrogens with one attached hydrogen (secondary N) is 1. The van der Waals surface area contributed by atoms with Crippen molar-refractivity contribution in [3.05, 3.63) is 29.6 Å². The van der Waals surface area contributed by atoms with Crippen molar-refractivity contribution >= 4 is 17.6 Å². The van der Waals surface area contributed by atoms with Gasteiger partial charge in [-0.3, -0.25) is 0 Å². The van der Waals surface area contributed by atoms with Gasteiger partial charge in [-0.05, 0) is 57.1 Å². The van der Waals surface area contributed by atoms with Crippen LogP contribution in [0.5, 0.6) is 0 Å². The molecule has 0 bridgehead atoms. The van der Waals surface area contributed by atoms with Gasteiger partial charge in [0, 0.05) is 24.1 Å². The molecule has 0 saturated carbocycles. The minimum atomic E-state index is 0.0810. The van der Waals surface area contributed by atoms with E-state index in [1.807, 2.05) is 48.5 Å². The van der Waals surface area contributed by atoms with Crippen LogP contribution in [0.3, 0.4) is 0 Å². The molecule has 2 aliphatic rings. The van der Waals surface area contributed by atoms with Crippen molar-refractivity contribution in [1.29, 1.82) is 0 Å². The number of aromatic nitrogens is 4. The monoisotopic (exact) mass is 345 g/mol. The third-order valence-electron chi connectivity index (χ3n) is 4.79. The molecule has 0 radical (unpaired) electrons. The van der Waals surface area contributed by atoms with Crippen molar-refractivity contribution in [2.24, 2.45) is 0 Å². The molecule has 2 fully saturated rings. The second-order valence-electron chi connectivity index (χ2n) is 6.78. The topological polar surface area (TPSA) is 64.9 Å². The van der Waals surface area contributed by atoms with Gasteiger partial charge >= 0.3 is 0 Å². The summed E-state index contributed by atoms with van der Waals surface area (Å²) in [6.45, 7) is 4.83. The van der Waals surface area contributed by atoms with Crippen molar-refractivity contribution in [3.8, 4) is 5.82 Å².